The van der Waals surface area contributed by atoms with Gasteiger partial charge in [-0.2, -0.15) is 5.26 Å². The van der Waals surface area contributed by atoms with Crippen LogP contribution in [0.3, 0.4) is 0 Å². The summed E-state index contributed by atoms with van der Waals surface area (Å²) in [6.07, 6.45) is 2.38. The minimum Gasteiger partial charge on any atom is -0.310 e. The van der Waals surface area contributed by atoms with Gasteiger partial charge in [-0.25, -0.2) is 4.98 Å². The molecule has 1 aromatic heterocycles. The molecule has 0 bridgehead atoms. The maximum absolute atomic E-state index is 11.7. The Morgan fingerprint density at radius 3 is 2.75 bits per heavy atom. The van der Waals surface area contributed by atoms with Gasteiger partial charge in [-0.3, -0.25) is 4.79 Å². The molecule has 1 aromatic rings. The molecule has 0 radical (unpaired) electrons. The first-order valence-corrected chi connectivity index (χ1v) is 5.20. The van der Waals surface area contributed by atoms with Crippen molar-refractivity contribution in [1.29, 1.82) is 5.26 Å². The zero-order chi connectivity index (χ0) is 11.8. The minimum absolute atomic E-state index is 0.0159. The van der Waals surface area contributed by atoms with E-state index in [0.29, 0.717) is 11.4 Å². The van der Waals surface area contributed by atoms with Crippen molar-refractivity contribution < 1.29 is 4.79 Å². The van der Waals surface area contributed by atoms with E-state index in [9.17, 15) is 4.79 Å². The van der Waals surface area contributed by atoms with Crippen LogP contribution < -0.4 is 5.32 Å². The fraction of sp³-hybridized carbons (Fsp3) is 0.417. The predicted octanol–water partition coefficient (Wildman–Crippen LogP) is 1.94. The number of hydrogen-bond acceptors (Lipinski definition) is 3. The SMILES string of the molecule is CC1(C)CC1C(=O)Nc1ccc(C#N)cn1. The Bertz CT molecular complexity index is 456. The zero-order valence-electron chi connectivity index (χ0n) is 9.32. The standard InChI is InChI=1S/C12H13N3O/c1-12(2)5-9(12)11(16)15-10-4-3-8(6-13)7-14-10/h3-4,7,9H,5H2,1-2H3,(H,14,15,16). The van der Waals surface area contributed by atoms with Crippen LogP contribution in [0.15, 0.2) is 18.3 Å². The van der Waals surface area contributed by atoms with Crippen LogP contribution >= 0.6 is 0 Å². The summed E-state index contributed by atoms with van der Waals surface area (Å²) in [5, 5.41) is 11.4. The highest BCUT2D eigenvalue weighted by Gasteiger charge is 2.50. The number of hydrogen-bond donors (Lipinski definition) is 1. The molecule has 1 fully saturated rings. The molecule has 2 rings (SSSR count). The van der Waals surface area contributed by atoms with Crippen molar-refractivity contribution in [3.05, 3.63) is 23.9 Å². The third-order valence-corrected chi connectivity index (χ3v) is 2.97. The monoisotopic (exact) mass is 215 g/mol. The second-order valence-electron chi connectivity index (χ2n) is 4.78. The number of amides is 1. The Balaban J connectivity index is 2.00. The lowest BCUT2D eigenvalue weighted by molar-refractivity contribution is -0.118. The smallest absolute Gasteiger partial charge is 0.229 e. The summed E-state index contributed by atoms with van der Waals surface area (Å²) < 4.78 is 0. The van der Waals surface area contributed by atoms with Gasteiger partial charge < -0.3 is 5.32 Å². The molecule has 4 heteroatoms. The molecule has 1 atom stereocenters. The lowest BCUT2D eigenvalue weighted by atomic mass is 10.1. The van der Waals surface area contributed by atoms with Gasteiger partial charge in [-0.1, -0.05) is 13.8 Å². The molecular weight excluding hydrogens is 202 g/mol. The maximum atomic E-state index is 11.7. The van der Waals surface area contributed by atoms with E-state index in [-0.39, 0.29) is 17.2 Å². The van der Waals surface area contributed by atoms with Crippen molar-refractivity contribution in [2.24, 2.45) is 11.3 Å². The molecule has 1 unspecified atom stereocenters. The number of nitrogens with zero attached hydrogens (tertiary/aromatic N) is 2. The summed E-state index contributed by atoms with van der Waals surface area (Å²) >= 11 is 0. The normalized spacial score (nSPS) is 20.9. The van der Waals surface area contributed by atoms with Gasteiger partial charge in [0.25, 0.3) is 0 Å². The average molecular weight is 215 g/mol. The first-order valence-electron chi connectivity index (χ1n) is 5.20. The molecule has 0 saturated heterocycles. The van der Waals surface area contributed by atoms with E-state index in [2.05, 4.69) is 24.1 Å². The van der Waals surface area contributed by atoms with Gasteiger partial charge in [0.2, 0.25) is 5.91 Å². The number of nitrogens with one attached hydrogen (secondary N) is 1. The molecule has 1 aliphatic rings. The van der Waals surface area contributed by atoms with Gasteiger partial charge in [-0.05, 0) is 24.0 Å². The summed E-state index contributed by atoms with van der Waals surface area (Å²) in [6, 6.07) is 5.26. The summed E-state index contributed by atoms with van der Waals surface area (Å²) in [5.41, 5.74) is 0.612. The van der Waals surface area contributed by atoms with E-state index in [0.717, 1.165) is 6.42 Å². The van der Waals surface area contributed by atoms with Crippen LogP contribution in [-0.4, -0.2) is 10.9 Å². The molecule has 16 heavy (non-hydrogen) atoms. The van der Waals surface area contributed by atoms with Gasteiger partial charge in [-0.15, -0.1) is 0 Å². The molecular formula is C12H13N3O. The molecule has 0 aromatic carbocycles. The lowest BCUT2D eigenvalue weighted by Gasteiger charge is -2.05. The zero-order valence-corrected chi connectivity index (χ0v) is 9.32. The number of rotatable bonds is 2. The molecule has 1 aliphatic carbocycles. The van der Waals surface area contributed by atoms with Crippen LogP contribution in [0, 0.1) is 22.7 Å². The maximum Gasteiger partial charge on any atom is 0.229 e. The Labute approximate surface area is 94.3 Å². The Morgan fingerprint density at radius 1 is 1.62 bits per heavy atom. The fourth-order valence-corrected chi connectivity index (χ4v) is 1.66. The second kappa shape index (κ2) is 3.60. The second-order valence-corrected chi connectivity index (χ2v) is 4.78. The van der Waals surface area contributed by atoms with E-state index in [1.165, 1.54) is 6.20 Å². The van der Waals surface area contributed by atoms with Crippen LogP contribution in [0.1, 0.15) is 25.8 Å². The first-order chi connectivity index (χ1) is 7.53. The van der Waals surface area contributed by atoms with Gasteiger partial charge in [0.05, 0.1) is 5.56 Å². The number of aromatic nitrogens is 1. The van der Waals surface area contributed by atoms with Crippen LogP contribution in [0.25, 0.3) is 0 Å². The molecule has 1 heterocycles. The molecule has 0 spiro atoms. The van der Waals surface area contributed by atoms with Gasteiger partial charge in [0.15, 0.2) is 0 Å². The third kappa shape index (κ3) is 2.03. The lowest BCUT2D eigenvalue weighted by Crippen LogP contribution is -2.17. The van der Waals surface area contributed by atoms with Crippen molar-refractivity contribution in [2.75, 3.05) is 5.32 Å². The summed E-state index contributed by atoms with van der Waals surface area (Å²) in [6.45, 7) is 4.15. The molecule has 4 nitrogen and oxygen atoms in total. The molecule has 1 amide bonds. The highest BCUT2D eigenvalue weighted by molar-refractivity contribution is 5.94. The van der Waals surface area contributed by atoms with Gasteiger partial charge in [0.1, 0.15) is 11.9 Å². The largest absolute Gasteiger partial charge is 0.310 e. The molecule has 0 aliphatic heterocycles. The number of carbonyl (C=O) groups is 1. The van der Waals surface area contributed by atoms with E-state index >= 15 is 0 Å². The van der Waals surface area contributed by atoms with Crippen LogP contribution in [0.5, 0.6) is 0 Å². The Hall–Kier alpha value is -1.89. The average Bonchev–Trinajstić information content (AvgIpc) is 2.89. The molecule has 1 N–H and O–H groups in total. The topological polar surface area (TPSA) is 65.8 Å². The summed E-state index contributed by atoms with van der Waals surface area (Å²) in [4.78, 5) is 15.7. The third-order valence-electron chi connectivity index (χ3n) is 2.97. The highest BCUT2D eigenvalue weighted by atomic mass is 16.2. The Kier molecular flexibility index (Phi) is 2.39. The molecule has 1 saturated carbocycles. The van der Waals surface area contributed by atoms with E-state index < -0.39 is 0 Å². The Morgan fingerprint density at radius 2 is 2.31 bits per heavy atom. The quantitative estimate of drug-likeness (QED) is 0.819. The van der Waals surface area contributed by atoms with Crippen molar-refractivity contribution in [3.8, 4) is 6.07 Å². The number of pyridine rings is 1. The molecule has 82 valence electrons. The first kappa shape index (κ1) is 10.6. The predicted molar refractivity (Wildman–Crippen MR) is 59.5 cm³/mol. The van der Waals surface area contributed by atoms with Crippen LogP contribution in [0.2, 0.25) is 0 Å². The van der Waals surface area contributed by atoms with Gasteiger partial charge >= 0.3 is 0 Å². The van der Waals surface area contributed by atoms with Gasteiger partial charge in [0, 0.05) is 12.1 Å². The van der Waals surface area contributed by atoms with Crippen molar-refractivity contribution >= 4 is 11.7 Å². The number of nitriles is 1. The fourth-order valence-electron chi connectivity index (χ4n) is 1.66. The van der Waals surface area contributed by atoms with Crippen LogP contribution in [0.4, 0.5) is 5.82 Å². The van der Waals surface area contributed by atoms with Crippen molar-refractivity contribution in [1.82, 2.24) is 4.98 Å². The summed E-state index contributed by atoms with van der Waals surface area (Å²) in [5.74, 6) is 0.610. The summed E-state index contributed by atoms with van der Waals surface area (Å²) in [7, 11) is 0. The van der Waals surface area contributed by atoms with Crippen molar-refractivity contribution in [2.45, 2.75) is 20.3 Å². The van der Waals surface area contributed by atoms with E-state index in [1.54, 1.807) is 12.1 Å². The highest BCUT2D eigenvalue weighted by Crippen LogP contribution is 2.51. The van der Waals surface area contributed by atoms with E-state index in [1.807, 2.05) is 6.07 Å². The van der Waals surface area contributed by atoms with E-state index in [4.69, 9.17) is 5.26 Å². The van der Waals surface area contributed by atoms with Crippen LogP contribution in [-0.2, 0) is 4.79 Å². The minimum atomic E-state index is 0.0159. The number of carbonyl (C=O) groups excluding carboxylic acids is 1. The van der Waals surface area contributed by atoms with Crippen molar-refractivity contribution in [3.63, 3.8) is 0 Å². The number of anilines is 1.